The van der Waals surface area contributed by atoms with Crippen LogP contribution in [0.4, 0.5) is 0 Å². The van der Waals surface area contributed by atoms with Crippen molar-refractivity contribution in [3.63, 3.8) is 0 Å². The molecule has 0 amide bonds. The van der Waals surface area contributed by atoms with Crippen LogP contribution in [0.3, 0.4) is 0 Å². The summed E-state index contributed by atoms with van der Waals surface area (Å²) in [5, 5.41) is 0. The van der Waals surface area contributed by atoms with E-state index in [-0.39, 0.29) is 5.97 Å². The molecule has 0 radical (unpaired) electrons. The number of carbonyl (C=O) groups excluding carboxylic acids is 1. The van der Waals surface area contributed by atoms with Crippen LogP contribution in [0.5, 0.6) is 0 Å². The van der Waals surface area contributed by atoms with Gasteiger partial charge in [-0.2, -0.15) is 0 Å². The average Bonchev–Trinajstić information content (AvgIpc) is 3.20. The second-order valence-electron chi connectivity index (χ2n) is 13.7. The monoisotopic (exact) mass is 490 g/mol. The van der Waals surface area contributed by atoms with Crippen molar-refractivity contribution >= 4 is 5.97 Å². The molecule has 4 unspecified atom stereocenters. The number of esters is 1. The van der Waals surface area contributed by atoms with Gasteiger partial charge in [0.1, 0.15) is 6.79 Å². The maximum Gasteiger partial charge on any atom is 0.305 e. The van der Waals surface area contributed by atoms with Crippen LogP contribution in [0.2, 0.25) is 0 Å². The number of fused-ring (bicyclic) bond motifs is 5. The summed E-state index contributed by atoms with van der Waals surface area (Å²) in [5.41, 5.74) is 0.754. The van der Waals surface area contributed by atoms with E-state index in [9.17, 15) is 4.79 Å². The molecule has 0 bridgehead atoms. The molecule has 4 rings (SSSR count). The molecule has 0 heterocycles. The molecule has 35 heavy (non-hydrogen) atoms. The predicted octanol–water partition coefficient (Wildman–Crippen LogP) is 7.35. The van der Waals surface area contributed by atoms with Crippen molar-refractivity contribution in [3.8, 4) is 0 Å². The third-order valence-electron chi connectivity index (χ3n) is 12.4. The molecule has 4 aliphatic rings. The van der Waals surface area contributed by atoms with E-state index in [2.05, 4.69) is 41.5 Å². The van der Waals surface area contributed by atoms with Crippen molar-refractivity contribution in [3.05, 3.63) is 0 Å². The van der Waals surface area contributed by atoms with E-state index in [1.165, 1.54) is 52.1 Å². The Morgan fingerprint density at radius 2 is 1.77 bits per heavy atom. The molecule has 202 valence electrons. The minimum Gasteiger partial charge on any atom is -0.469 e. The van der Waals surface area contributed by atoms with E-state index in [4.69, 9.17) is 14.2 Å². The Balaban J connectivity index is 1.68. The molecular weight excluding hydrogens is 436 g/mol. The highest BCUT2D eigenvalue weighted by atomic mass is 16.7. The smallest absolute Gasteiger partial charge is 0.305 e. The topological polar surface area (TPSA) is 44.8 Å². The van der Waals surface area contributed by atoms with Crippen molar-refractivity contribution in [2.45, 2.75) is 105 Å². The fourth-order valence-corrected chi connectivity index (χ4v) is 10.5. The maximum absolute atomic E-state index is 11.9. The zero-order valence-electron chi connectivity index (χ0n) is 24.0. The molecule has 4 fully saturated rings. The summed E-state index contributed by atoms with van der Waals surface area (Å²) in [6.07, 6.45) is 11.1. The lowest BCUT2D eigenvalue weighted by atomic mass is 9.39. The van der Waals surface area contributed by atoms with Crippen molar-refractivity contribution in [1.82, 2.24) is 0 Å². The van der Waals surface area contributed by atoms with Crippen molar-refractivity contribution in [1.29, 1.82) is 0 Å². The molecular formula is C31H54O4. The van der Waals surface area contributed by atoms with Gasteiger partial charge in [-0.3, -0.25) is 4.79 Å². The molecule has 4 nitrogen and oxygen atoms in total. The van der Waals surface area contributed by atoms with Gasteiger partial charge >= 0.3 is 5.97 Å². The minimum absolute atomic E-state index is 0.0649. The SMILES string of the molecule is CC[C@H]1C(OCOC)C2C3CC[C@H]([C@H](C)CCC(=O)OC)[C@@]3(C)[C@@H](C)CC2[C@@]2(C)CC[C@@H](C)C[C@@H]12. The van der Waals surface area contributed by atoms with Crippen LogP contribution in [-0.4, -0.2) is 33.1 Å². The molecule has 0 N–H and O–H groups in total. The van der Waals surface area contributed by atoms with Crippen molar-refractivity contribution in [2.75, 3.05) is 21.0 Å². The molecule has 0 aromatic carbocycles. The summed E-state index contributed by atoms with van der Waals surface area (Å²) in [6, 6.07) is 0. The van der Waals surface area contributed by atoms with Gasteiger partial charge in [-0.05, 0) is 103 Å². The van der Waals surface area contributed by atoms with Gasteiger partial charge in [0.25, 0.3) is 0 Å². The van der Waals surface area contributed by atoms with Crippen LogP contribution in [0.15, 0.2) is 0 Å². The summed E-state index contributed by atoms with van der Waals surface area (Å²) < 4.78 is 17.2. The summed E-state index contributed by atoms with van der Waals surface area (Å²) in [4.78, 5) is 11.9. The number of ether oxygens (including phenoxy) is 3. The minimum atomic E-state index is -0.0649. The molecule has 4 aliphatic carbocycles. The second-order valence-corrected chi connectivity index (χ2v) is 13.7. The highest BCUT2D eigenvalue weighted by Gasteiger charge is 2.66. The van der Waals surface area contributed by atoms with E-state index >= 15 is 0 Å². The fraction of sp³-hybridized carbons (Fsp3) is 0.968. The van der Waals surface area contributed by atoms with E-state index in [0.717, 1.165) is 24.2 Å². The van der Waals surface area contributed by atoms with Crippen LogP contribution in [0.25, 0.3) is 0 Å². The maximum atomic E-state index is 11.9. The largest absolute Gasteiger partial charge is 0.469 e. The van der Waals surface area contributed by atoms with Gasteiger partial charge in [-0.25, -0.2) is 0 Å². The van der Waals surface area contributed by atoms with Crippen LogP contribution < -0.4 is 0 Å². The number of carbonyl (C=O) groups is 1. The van der Waals surface area contributed by atoms with Gasteiger partial charge in [0, 0.05) is 13.5 Å². The zero-order chi connectivity index (χ0) is 25.5. The Hall–Kier alpha value is -0.610. The first-order chi connectivity index (χ1) is 16.6. The summed E-state index contributed by atoms with van der Waals surface area (Å²) in [7, 11) is 3.28. The van der Waals surface area contributed by atoms with Gasteiger partial charge in [0.15, 0.2) is 0 Å². The zero-order valence-corrected chi connectivity index (χ0v) is 24.0. The quantitative estimate of drug-likeness (QED) is 0.263. The molecule has 12 atom stereocenters. The van der Waals surface area contributed by atoms with Gasteiger partial charge in [0.05, 0.1) is 13.2 Å². The molecule has 0 saturated heterocycles. The molecule has 4 heteroatoms. The predicted molar refractivity (Wildman–Crippen MR) is 141 cm³/mol. The Morgan fingerprint density at radius 3 is 2.43 bits per heavy atom. The molecule has 0 aliphatic heterocycles. The number of hydrogen-bond acceptors (Lipinski definition) is 4. The lowest BCUT2D eigenvalue weighted by Crippen LogP contribution is -2.63. The number of methoxy groups -OCH3 is 2. The average molecular weight is 491 g/mol. The summed E-state index contributed by atoms with van der Waals surface area (Å²) in [6.45, 7) is 15.6. The van der Waals surface area contributed by atoms with Crippen LogP contribution in [0.1, 0.15) is 99.3 Å². The van der Waals surface area contributed by atoms with E-state index < -0.39 is 0 Å². The standard InChI is InChI=1S/C31H54O4/c1-9-22-25-16-19(2)14-15-30(25,5)26-17-21(4)31(6)23(20(3)10-13-27(32)34-8)11-12-24(31)28(26)29(22)35-18-33-7/h19-26,28-29H,9-18H2,1-8H3/t19-,20-,21+,22-,23-,24?,25+,26?,28?,29?,30+,31-/m1/s1. The van der Waals surface area contributed by atoms with Gasteiger partial charge in [0.2, 0.25) is 0 Å². The highest BCUT2D eigenvalue weighted by molar-refractivity contribution is 5.69. The lowest BCUT2D eigenvalue weighted by Gasteiger charge is -2.67. The number of hydrogen-bond donors (Lipinski definition) is 0. The van der Waals surface area contributed by atoms with Gasteiger partial charge in [-0.1, -0.05) is 54.4 Å². The lowest BCUT2D eigenvalue weighted by molar-refractivity contribution is -0.240. The second kappa shape index (κ2) is 10.6. The number of rotatable bonds is 8. The normalized spacial score (nSPS) is 47.9. The van der Waals surface area contributed by atoms with Crippen molar-refractivity contribution < 1.29 is 19.0 Å². The Kier molecular flexibility index (Phi) is 8.33. The first kappa shape index (κ1) is 27.4. The molecule has 0 spiro atoms. The molecule has 4 saturated carbocycles. The first-order valence-corrected chi connectivity index (χ1v) is 14.8. The third kappa shape index (κ3) is 4.51. The summed E-state index contributed by atoms with van der Waals surface area (Å²) >= 11 is 0. The molecule has 0 aromatic rings. The van der Waals surface area contributed by atoms with Crippen LogP contribution >= 0.6 is 0 Å². The van der Waals surface area contributed by atoms with Crippen molar-refractivity contribution in [2.24, 2.45) is 64.1 Å². The highest BCUT2D eigenvalue weighted by Crippen LogP contribution is 2.71. The first-order valence-electron chi connectivity index (χ1n) is 14.8. The van der Waals surface area contributed by atoms with E-state index in [1.807, 2.05) is 0 Å². The Labute approximate surface area is 215 Å². The van der Waals surface area contributed by atoms with Gasteiger partial charge in [-0.15, -0.1) is 0 Å². The van der Waals surface area contributed by atoms with Crippen LogP contribution in [0, 0.1) is 64.1 Å². The van der Waals surface area contributed by atoms with E-state index in [0.29, 0.717) is 65.7 Å². The van der Waals surface area contributed by atoms with Crippen LogP contribution in [-0.2, 0) is 19.0 Å². The Bertz CT molecular complexity index is 737. The Morgan fingerprint density at radius 1 is 1.03 bits per heavy atom. The van der Waals surface area contributed by atoms with E-state index in [1.54, 1.807) is 7.11 Å². The fourth-order valence-electron chi connectivity index (χ4n) is 10.5. The van der Waals surface area contributed by atoms with Gasteiger partial charge < -0.3 is 14.2 Å². The summed E-state index contributed by atoms with van der Waals surface area (Å²) in [5.74, 6) is 6.18. The third-order valence-corrected chi connectivity index (χ3v) is 12.4. The molecule has 0 aromatic heterocycles.